The molecule has 4 nitrogen and oxygen atoms in total. The number of amides is 1. The van der Waals surface area contributed by atoms with Crippen LogP contribution in [-0.2, 0) is 9.59 Å². The van der Waals surface area contributed by atoms with Crippen molar-refractivity contribution in [1.82, 2.24) is 4.90 Å². The van der Waals surface area contributed by atoms with E-state index in [-0.39, 0.29) is 11.7 Å². The molecule has 0 radical (unpaired) electrons. The van der Waals surface area contributed by atoms with E-state index in [1.165, 1.54) is 0 Å². The molecule has 1 fully saturated rings. The second-order valence-corrected chi connectivity index (χ2v) is 4.77. The number of benzene rings is 1. The summed E-state index contributed by atoms with van der Waals surface area (Å²) in [6.07, 6.45) is 1.51. The van der Waals surface area contributed by atoms with Crippen LogP contribution >= 0.6 is 0 Å². The normalized spacial score (nSPS) is 16.6. The molecule has 1 N–H and O–H groups in total. The Morgan fingerprint density at radius 2 is 2.28 bits per heavy atom. The molecule has 0 aliphatic carbocycles. The van der Waals surface area contributed by atoms with Gasteiger partial charge in [-0.2, -0.15) is 0 Å². The molecule has 1 amide bonds. The number of nitrogens with one attached hydrogen (secondary N) is 1. The average molecular weight is 246 g/mol. The summed E-state index contributed by atoms with van der Waals surface area (Å²) >= 11 is 0. The van der Waals surface area contributed by atoms with Gasteiger partial charge >= 0.3 is 0 Å². The molecule has 1 saturated heterocycles. The number of anilines is 1. The van der Waals surface area contributed by atoms with Crippen LogP contribution in [0.4, 0.5) is 5.69 Å². The highest BCUT2D eigenvalue weighted by Gasteiger charge is 2.18. The lowest BCUT2D eigenvalue weighted by atomic mass is 10.1. The monoisotopic (exact) mass is 246 g/mol. The summed E-state index contributed by atoms with van der Waals surface area (Å²) in [6, 6.07) is 7.69. The first-order valence-electron chi connectivity index (χ1n) is 6.24. The van der Waals surface area contributed by atoms with E-state index in [9.17, 15) is 9.59 Å². The van der Waals surface area contributed by atoms with Crippen LogP contribution in [0.5, 0.6) is 0 Å². The molecule has 0 saturated carbocycles. The molecular formula is C14H18N2O2. The zero-order valence-corrected chi connectivity index (χ0v) is 10.6. The van der Waals surface area contributed by atoms with Crippen LogP contribution in [0.2, 0.25) is 0 Å². The van der Waals surface area contributed by atoms with Gasteiger partial charge in [0.25, 0.3) is 0 Å². The van der Waals surface area contributed by atoms with Gasteiger partial charge < -0.3 is 5.32 Å². The highest BCUT2D eigenvalue weighted by atomic mass is 16.2. The summed E-state index contributed by atoms with van der Waals surface area (Å²) in [7, 11) is 0. The van der Waals surface area contributed by atoms with Gasteiger partial charge in [-0.3, -0.25) is 14.5 Å². The second-order valence-electron chi connectivity index (χ2n) is 4.77. The second kappa shape index (κ2) is 5.78. The number of rotatable bonds is 3. The molecule has 0 bridgehead atoms. The predicted octanol–water partition coefficient (Wildman–Crippen LogP) is 1.60. The first kappa shape index (κ1) is 12.8. The number of carbonyl (C=O) groups is 2. The van der Waals surface area contributed by atoms with Crippen LogP contribution in [0.1, 0.15) is 18.4 Å². The SMILES string of the molecule is Cc1cccc(NC(=O)CN2CCCC(=O)C2)c1. The number of likely N-dealkylation sites (tertiary alicyclic amines) is 1. The Balaban J connectivity index is 1.86. The number of aryl methyl sites for hydroxylation is 1. The smallest absolute Gasteiger partial charge is 0.238 e. The minimum atomic E-state index is -0.0599. The molecule has 0 aromatic heterocycles. The first-order valence-corrected chi connectivity index (χ1v) is 6.24. The maximum atomic E-state index is 11.8. The summed E-state index contributed by atoms with van der Waals surface area (Å²) in [5.74, 6) is 0.167. The molecule has 1 aliphatic rings. The third kappa shape index (κ3) is 3.67. The lowest BCUT2D eigenvalue weighted by molar-refractivity contribution is -0.123. The predicted molar refractivity (Wildman–Crippen MR) is 70.5 cm³/mol. The zero-order valence-electron chi connectivity index (χ0n) is 10.6. The van der Waals surface area contributed by atoms with Crippen molar-refractivity contribution in [3.05, 3.63) is 29.8 Å². The summed E-state index contributed by atoms with van der Waals surface area (Å²) < 4.78 is 0. The van der Waals surface area contributed by atoms with Crippen molar-refractivity contribution in [1.29, 1.82) is 0 Å². The van der Waals surface area contributed by atoms with Crippen LogP contribution in [0.15, 0.2) is 24.3 Å². The summed E-state index contributed by atoms with van der Waals surface area (Å²) in [6.45, 7) is 3.51. The highest BCUT2D eigenvalue weighted by Crippen LogP contribution is 2.10. The van der Waals surface area contributed by atoms with Gasteiger partial charge in [0.05, 0.1) is 13.1 Å². The van der Waals surface area contributed by atoms with Crippen molar-refractivity contribution < 1.29 is 9.59 Å². The number of nitrogens with zero attached hydrogens (tertiary/aromatic N) is 1. The highest BCUT2D eigenvalue weighted by molar-refractivity contribution is 5.92. The fourth-order valence-corrected chi connectivity index (χ4v) is 2.17. The van der Waals surface area contributed by atoms with Crippen LogP contribution in [-0.4, -0.2) is 36.2 Å². The Labute approximate surface area is 107 Å². The maximum absolute atomic E-state index is 11.8. The molecule has 1 heterocycles. The summed E-state index contributed by atoms with van der Waals surface area (Å²) in [5, 5.41) is 2.85. The molecule has 1 aromatic rings. The van der Waals surface area contributed by atoms with Crippen molar-refractivity contribution in [3.63, 3.8) is 0 Å². The van der Waals surface area contributed by atoms with Gasteiger partial charge in [0.1, 0.15) is 5.78 Å². The van der Waals surface area contributed by atoms with E-state index >= 15 is 0 Å². The summed E-state index contributed by atoms with van der Waals surface area (Å²) in [5.41, 5.74) is 1.92. The third-order valence-corrected chi connectivity index (χ3v) is 3.00. The molecule has 0 unspecified atom stereocenters. The zero-order chi connectivity index (χ0) is 13.0. The number of carbonyl (C=O) groups excluding carboxylic acids is 2. The topological polar surface area (TPSA) is 49.4 Å². The Morgan fingerprint density at radius 3 is 3.00 bits per heavy atom. The molecule has 96 valence electrons. The van der Waals surface area contributed by atoms with Crippen LogP contribution in [0.3, 0.4) is 0 Å². The van der Waals surface area contributed by atoms with Gasteiger partial charge in [0.15, 0.2) is 0 Å². The van der Waals surface area contributed by atoms with Crippen LogP contribution in [0.25, 0.3) is 0 Å². The van der Waals surface area contributed by atoms with E-state index in [2.05, 4.69) is 5.32 Å². The minimum Gasteiger partial charge on any atom is -0.325 e. The molecule has 1 aliphatic heterocycles. The van der Waals surface area contributed by atoms with E-state index in [1.807, 2.05) is 36.1 Å². The quantitative estimate of drug-likeness (QED) is 0.881. The van der Waals surface area contributed by atoms with Crippen molar-refractivity contribution in [3.8, 4) is 0 Å². The van der Waals surface area contributed by atoms with Crippen molar-refractivity contribution in [2.45, 2.75) is 19.8 Å². The standard InChI is InChI=1S/C14H18N2O2/c1-11-4-2-5-12(8-11)15-14(18)10-16-7-3-6-13(17)9-16/h2,4-5,8H,3,6-7,9-10H2,1H3,(H,15,18). The van der Waals surface area contributed by atoms with E-state index in [1.54, 1.807) is 0 Å². The molecule has 1 aromatic carbocycles. The Hall–Kier alpha value is -1.68. The average Bonchev–Trinajstić information content (AvgIpc) is 2.28. The molecular weight excluding hydrogens is 228 g/mol. The van der Waals surface area contributed by atoms with Gasteiger partial charge in [-0.15, -0.1) is 0 Å². The number of piperidine rings is 1. The molecule has 18 heavy (non-hydrogen) atoms. The lowest BCUT2D eigenvalue weighted by Crippen LogP contribution is -2.40. The molecule has 0 spiro atoms. The van der Waals surface area contributed by atoms with Gasteiger partial charge in [0, 0.05) is 12.1 Å². The van der Waals surface area contributed by atoms with Gasteiger partial charge in [-0.05, 0) is 37.6 Å². The molecule has 4 heteroatoms. The number of ketones is 1. The maximum Gasteiger partial charge on any atom is 0.238 e. The fourth-order valence-electron chi connectivity index (χ4n) is 2.17. The van der Waals surface area contributed by atoms with Crippen molar-refractivity contribution >= 4 is 17.4 Å². The van der Waals surface area contributed by atoms with Gasteiger partial charge in [-0.1, -0.05) is 12.1 Å². The number of hydrogen-bond donors (Lipinski definition) is 1. The van der Waals surface area contributed by atoms with Crippen LogP contribution < -0.4 is 5.32 Å². The minimum absolute atomic E-state index is 0.0599. The Bertz CT molecular complexity index is 457. The van der Waals surface area contributed by atoms with E-state index in [0.29, 0.717) is 19.5 Å². The van der Waals surface area contributed by atoms with Crippen LogP contribution in [0, 0.1) is 6.92 Å². The van der Waals surface area contributed by atoms with Gasteiger partial charge in [0.2, 0.25) is 5.91 Å². The largest absolute Gasteiger partial charge is 0.325 e. The fraction of sp³-hybridized carbons (Fsp3) is 0.429. The number of hydrogen-bond acceptors (Lipinski definition) is 3. The Morgan fingerprint density at radius 1 is 1.44 bits per heavy atom. The van der Waals surface area contributed by atoms with E-state index in [0.717, 1.165) is 24.2 Å². The molecule has 2 rings (SSSR count). The van der Waals surface area contributed by atoms with Crippen molar-refractivity contribution in [2.24, 2.45) is 0 Å². The summed E-state index contributed by atoms with van der Waals surface area (Å²) in [4.78, 5) is 25.0. The lowest BCUT2D eigenvalue weighted by Gasteiger charge is -2.24. The van der Waals surface area contributed by atoms with Gasteiger partial charge in [-0.25, -0.2) is 0 Å². The number of Topliss-reactive ketones (excluding diaryl/α,β-unsaturated/α-hetero) is 1. The molecule has 0 atom stereocenters. The van der Waals surface area contributed by atoms with E-state index in [4.69, 9.17) is 0 Å². The van der Waals surface area contributed by atoms with E-state index < -0.39 is 0 Å². The first-order chi connectivity index (χ1) is 8.63. The Kier molecular flexibility index (Phi) is 4.10. The van der Waals surface area contributed by atoms with Crippen molar-refractivity contribution in [2.75, 3.05) is 25.0 Å². The third-order valence-electron chi connectivity index (χ3n) is 3.00.